The second kappa shape index (κ2) is 6.72. The van der Waals surface area contributed by atoms with E-state index >= 15 is 0 Å². The van der Waals surface area contributed by atoms with Gasteiger partial charge >= 0.3 is 6.03 Å². The van der Waals surface area contributed by atoms with Crippen LogP contribution in [0.4, 0.5) is 4.79 Å². The van der Waals surface area contributed by atoms with Crippen molar-refractivity contribution in [2.75, 3.05) is 0 Å². The third kappa shape index (κ3) is 3.45. The lowest BCUT2D eigenvalue weighted by molar-refractivity contribution is 0.0608. The van der Waals surface area contributed by atoms with Gasteiger partial charge in [0.1, 0.15) is 0 Å². The molecule has 2 aliphatic rings. The summed E-state index contributed by atoms with van der Waals surface area (Å²) < 4.78 is 0. The first-order valence-corrected chi connectivity index (χ1v) is 8.82. The van der Waals surface area contributed by atoms with E-state index in [-0.39, 0.29) is 6.03 Å². The van der Waals surface area contributed by atoms with E-state index in [0.717, 1.165) is 12.8 Å². The van der Waals surface area contributed by atoms with Crippen LogP contribution in [0.3, 0.4) is 0 Å². The molecule has 22 heavy (non-hydrogen) atoms. The smallest absolute Gasteiger partial charge is 0.315 e. The summed E-state index contributed by atoms with van der Waals surface area (Å²) in [7, 11) is 0. The van der Waals surface area contributed by atoms with Crippen molar-refractivity contribution in [2.24, 2.45) is 5.41 Å². The van der Waals surface area contributed by atoms with Gasteiger partial charge < -0.3 is 10.6 Å². The van der Waals surface area contributed by atoms with Crippen LogP contribution in [-0.2, 0) is 13.0 Å². The molecule has 3 heteroatoms. The first-order chi connectivity index (χ1) is 10.7. The summed E-state index contributed by atoms with van der Waals surface area (Å²) in [6.45, 7) is 2.77. The molecule has 1 unspecified atom stereocenters. The van der Waals surface area contributed by atoms with E-state index in [9.17, 15) is 4.79 Å². The van der Waals surface area contributed by atoms with Crippen LogP contribution in [0.5, 0.6) is 0 Å². The Morgan fingerprint density at radius 1 is 1.18 bits per heavy atom. The molecule has 0 radical (unpaired) electrons. The molecule has 2 saturated carbocycles. The highest BCUT2D eigenvalue weighted by atomic mass is 16.2. The Morgan fingerprint density at radius 3 is 2.59 bits per heavy atom. The van der Waals surface area contributed by atoms with Crippen LogP contribution in [0, 0.1) is 5.41 Å². The monoisotopic (exact) mass is 300 g/mol. The van der Waals surface area contributed by atoms with Crippen LogP contribution in [0.15, 0.2) is 24.3 Å². The average Bonchev–Trinajstić information content (AvgIpc) is 2.52. The Morgan fingerprint density at radius 2 is 1.91 bits per heavy atom. The molecule has 0 heterocycles. The first-order valence-electron chi connectivity index (χ1n) is 8.82. The Labute approximate surface area is 133 Å². The van der Waals surface area contributed by atoms with Gasteiger partial charge in [-0.25, -0.2) is 4.79 Å². The number of benzene rings is 1. The third-order valence-electron chi connectivity index (χ3n) is 5.63. The standard InChI is InChI=1S/C19H28N2O/c1-2-15-7-3-4-8-16(15)14-20-18(22)21-17-9-5-10-19(13-17)11-6-12-19/h3-4,7-8,17H,2,5-6,9-14H2,1H3,(H2,20,21,22). The van der Waals surface area contributed by atoms with Gasteiger partial charge in [0.15, 0.2) is 0 Å². The molecule has 0 bridgehead atoms. The van der Waals surface area contributed by atoms with E-state index in [4.69, 9.17) is 0 Å². The molecule has 2 fully saturated rings. The lowest BCUT2D eigenvalue weighted by Crippen LogP contribution is -2.48. The zero-order chi connectivity index (χ0) is 15.4. The normalized spacial score (nSPS) is 22.9. The highest BCUT2D eigenvalue weighted by Crippen LogP contribution is 2.51. The van der Waals surface area contributed by atoms with Crippen LogP contribution in [-0.4, -0.2) is 12.1 Å². The highest BCUT2D eigenvalue weighted by molar-refractivity contribution is 5.74. The maximum Gasteiger partial charge on any atom is 0.315 e. The van der Waals surface area contributed by atoms with Crippen LogP contribution < -0.4 is 10.6 Å². The average molecular weight is 300 g/mol. The summed E-state index contributed by atoms with van der Waals surface area (Å²) in [6, 6.07) is 8.69. The Hall–Kier alpha value is -1.51. The Bertz CT molecular complexity index is 522. The Balaban J connectivity index is 1.48. The van der Waals surface area contributed by atoms with Gasteiger partial charge in [0.2, 0.25) is 0 Å². The molecule has 1 aromatic carbocycles. The van der Waals surface area contributed by atoms with Gasteiger partial charge in [-0.1, -0.05) is 44.0 Å². The topological polar surface area (TPSA) is 41.1 Å². The van der Waals surface area contributed by atoms with Crippen molar-refractivity contribution in [1.29, 1.82) is 0 Å². The molecule has 0 aliphatic heterocycles. The number of rotatable bonds is 4. The fourth-order valence-corrected chi connectivity index (χ4v) is 4.19. The number of hydrogen-bond acceptors (Lipinski definition) is 1. The predicted molar refractivity (Wildman–Crippen MR) is 89.7 cm³/mol. The Kier molecular flexibility index (Phi) is 4.70. The zero-order valence-corrected chi connectivity index (χ0v) is 13.7. The summed E-state index contributed by atoms with van der Waals surface area (Å²) in [5, 5.41) is 6.23. The van der Waals surface area contributed by atoms with Crippen LogP contribution in [0.1, 0.15) is 63.0 Å². The van der Waals surface area contributed by atoms with Gasteiger partial charge in [-0.3, -0.25) is 0 Å². The zero-order valence-electron chi connectivity index (χ0n) is 13.7. The van der Waals surface area contributed by atoms with Crippen LogP contribution in [0.2, 0.25) is 0 Å². The molecule has 0 saturated heterocycles. The van der Waals surface area contributed by atoms with Crippen molar-refractivity contribution in [3.8, 4) is 0 Å². The number of nitrogens with one attached hydrogen (secondary N) is 2. The van der Waals surface area contributed by atoms with Gasteiger partial charge in [0, 0.05) is 12.6 Å². The summed E-state index contributed by atoms with van der Waals surface area (Å²) in [5.74, 6) is 0. The molecule has 1 aromatic rings. The number of amides is 2. The number of aryl methyl sites for hydroxylation is 1. The maximum atomic E-state index is 12.2. The van der Waals surface area contributed by atoms with E-state index in [1.54, 1.807) is 0 Å². The minimum absolute atomic E-state index is 0.00715. The SMILES string of the molecule is CCc1ccccc1CNC(=O)NC1CCCC2(CCC2)C1. The molecule has 1 spiro atoms. The molecule has 1 atom stereocenters. The van der Waals surface area contributed by atoms with Crippen LogP contribution in [0.25, 0.3) is 0 Å². The molecule has 2 aliphatic carbocycles. The fraction of sp³-hybridized carbons (Fsp3) is 0.632. The van der Waals surface area contributed by atoms with Gasteiger partial charge in [-0.2, -0.15) is 0 Å². The van der Waals surface area contributed by atoms with Gasteiger partial charge in [0.05, 0.1) is 0 Å². The van der Waals surface area contributed by atoms with Crippen LogP contribution >= 0.6 is 0 Å². The lowest BCUT2D eigenvalue weighted by atomic mass is 9.60. The summed E-state index contributed by atoms with van der Waals surface area (Å²) in [6.07, 6.45) is 10.1. The van der Waals surface area contributed by atoms with E-state index in [2.05, 4.69) is 35.8 Å². The largest absolute Gasteiger partial charge is 0.335 e. The fourth-order valence-electron chi connectivity index (χ4n) is 4.19. The molecule has 2 amide bonds. The quantitative estimate of drug-likeness (QED) is 0.861. The lowest BCUT2D eigenvalue weighted by Gasteiger charge is -2.47. The second-order valence-electron chi connectivity index (χ2n) is 7.10. The molecule has 0 aromatic heterocycles. The maximum absolute atomic E-state index is 12.2. The molecule has 2 N–H and O–H groups in total. The van der Waals surface area contributed by atoms with E-state index < -0.39 is 0 Å². The van der Waals surface area contributed by atoms with Crippen molar-refractivity contribution >= 4 is 6.03 Å². The van der Waals surface area contributed by atoms with Crippen molar-refractivity contribution < 1.29 is 4.79 Å². The third-order valence-corrected chi connectivity index (χ3v) is 5.63. The van der Waals surface area contributed by atoms with Crippen molar-refractivity contribution in [1.82, 2.24) is 10.6 Å². The van der Waals surface area contributed by atoms with Crippen molar-refractivity contribution in [3.63, 3.8) is 0 Å². The number of urea groups is 1. The summed E-state index contributed by atoms with van der Waals surface area (Å²) >= 11 is 0. The van der Waals surface area contributed by atoms with Gasteiger partial charge in [0.25, 0.3) is 0 Å². The second-order valence-corrected chi connectivity index (χ2v) is 7.10. The number of hydrogen-bond donors (Lipinski definition) is 2. The molecule has 3 nitrogen and oxygen atoms in total. The molecule has 3 rings (SSSR count). The number of carbonyl (C=O) groups excluding carboxylic acids is 1. The minimum atomic E-state index is -0.00715. The summed E-state index contributed by atoms with van der Waals surface area (Å²) in [4.78, 5) is 12.2. The predicted octanol–water partition coefficient (Wildman–Crippen LogP) is 4.16. The van der Waals surface area contributed by atoms with E-state index in [1.165, 1.54) is 49.7 Å². The number of carbonyl (C=O) groups is 1. The van der Waals surface area contributed by atoms with Gasteiger partial charge in [-0.05, 0) is 55.1 Å². The van der Waals surface area contributed by atoms with Crippen molar-refractivity contribution in [2.45, 2.75) is 70.9 Å². The van der Waals surface area contributed by atoms with Gasteiger partial charge in [-0.15, -0.1) is 0 Å². The molecular weight excluding hydrogens is 272 g/mol. The summed E-state index contributed by atoms with van der Waals surface area (Å²) in [5.41, 5.74) is 3.11. The highest BCUT2D eigenvalue weighted by Gasteiger charge is 2.41. The van der Waals surface area contributed by atoms with E-state index in [1.807, 2.05) is 6.07 Å². The molecular formula is C19H28N2O. The molecule has 120 valence electrons. The first kappa shape index (κ1) is 15.4. The minimum Gasteiger partial charge on any atom is -0.335 e. The van der Waals surface area contributed by atoms with E-state index in [0.29, 0.717) is 18.0 Å². The van der Waals surface area contributed by atoms with Crippen molar-refractivity contribution in [3.05, 3.63) is 35.4 Å².